The minimum Gasteiger partial charge on any atom is -0.507 e. The number of aliphatic hydroxyl groups excluding tert-OH is 1. The molecule has 1 aromatic heterocycles. The van der Waals surface area contributed by atoms with Gasteiger partial charge in [-0.3, -0.25) is 14.6 Å². The lowest BCUT2D eigenvalue weighted by Gasteiger charge is -2.27. The summed E-state index contributed by atoms with van der Waals surface area (Å²) in [7, 11) is 1.56. The normalized spacial score (nSPS) is 17.1. The van der Waals surface area contributed by atoms with E-state index in [1.807, 2.05) is 38.1 Å². The molecule has 2 aromatic carbocycles. The number of benzene rings is 2. The molecule has 0 aliphatic carbocycles. The van der Waals surface area contributed by atoms with Crippen LogP contribution in [-0.2, 0) is 16.1 Å². The van der Waals surface area contributed by atoms with E-state index in [0.29, 0.717) is 34.8 Å². The minimum absolute atomic E-state index is 0.0225. The van der Waals surface area contributed by atoms with Crippen molar-refractivity contribution in [3.63, 3.8) is 0 Å². The highest BCUT2D eigenvalue weighted by Crippen LogP contribution is 2.43. The monoisotopic (exact) mass is 458 g/mol. The van der Waals surface area contributed by atoms with Gasteiger partial charge in [-0.25, -0.2) is 0 Å². The van der Waals surface area contributed by atoms with Crippen LogP contribution >= 0.6 is 0 Å². The van der Waals surface area contributed by atoms with Crippen molar-refractivity contribution in [2.75, 3.05) is 13.7 Å². The number of aliphatic hydroxyl groups is 1. The molecular formula is C27H26N2O5. The summed E-state index contributed by atoms with van der Waals surface area (Å²) in [6, 6.07) is 15.2. The van der Waals surface area contributed by atoms with Gasteiger partial charge in [-0.05, 0) is 55.3 Å². The topological polar surface area (TPSA) is 89.0 Å². The first kappa shape index (κ1) is 23.0. The van der Waals surface area contributed by atoms with Crippen molar-refractivity contribution in [2.45, 2.75) is 26.4 Å². The Labute approximate surface area is 198 Å². The smallest absolute Gasteiger partial charge is 0.295 e. The number of nitrogens with zero attached hydrogens (tertiary/aromatic N) is 2. The molecule has 0 unspecified atom stereocenters. The summed E-state index contributed by atoms with van der Waals surface area (Å²) in [6.45, 7) is 4.25. The number of para-hydroxylation sites is 1. The average molecular weight is 459 g/mol. The largest absolute Gasteiger partial charge is 0.507 e. The van der Waals surface area contributed by atoms with Crippen LogP contribution < -0.4 is 9.47 Å². The lowest BCUT2D eigenvalue weighted by atomic mass is 9.93. The number of rotatable bonds is 7. The summed E-state index contributed by atoms with van der Waals surface area (Å²) < 4.78 is 11.1. The van der Waals surface area contributed by atoms with Crippen LogP contribution in [0, 0.1) is 6.92 Å². The molecule has 174 valence electrons. The highest BCUT2D eigenvalue weighted by atomic mass is 16.5. The number of ether oxygens (including phenoxy) is 2. The molecular weight excluding hydrogens is 432 g/mol. The van der Waals surface area contributed by atoms with E-state index in [2.05, 4.69) is 4.98 Å². The van der Waals surface area contributed by atoms with Gasteiger partial charge < -0.3 is 19.5 Å². The SMILES string of the molecule is CCOc1ccccc1[C@H]1/C(=C(\O)c2ccc(OC)cc2C)C(=O)C(=O)N1Cc1cccnc1. The molecule has 1 saturated heterocycles. The van der Waals surface area contributed by atoms with Gasteiger partial charge in [0.2, 0.25) is 0 Å². The van der Waals surface area contributed by atoms with E-state index in [4.69, 9.17) is 9.47 Å². The Morgan fingerprint density at radius 2 is 1.91 bits per heavy atom. The van der Waals surface area contributed by atoms with Gasteiger partial charge in [0.25, 0.3) is 11.7 Å². The first-order valence-corrected chi connectivity index (χ1v) is 11.0. The third-order valence-corrected chi connectivity index (χ3v) is 5.82. The molecule has 1 aliphatic heterocycles. The number of ketones is 1. The zero-order valence-corrected chi connectivity index (χ0v) is 19.3. The van der Waals surface area contributed by atoms with Crippen LogP contribution in [0.2, 0.25) is 0 Å². The van der Waals surface area contributed by atoms with Gasteiger partial charge in [-0.1, -0.05) is 24.3 Å². The zero-order valence-electron chi connectivity index (χ0n) is 19.3. The third kappa shape index (κ3) is 4.24. The highest BCUT2D eigenvalue weighted by molar-refractivity contribution is 6.46. The van der Waals surface area contributed by atoms with Crippen LogP contribution in [0.15, 0.2) is 72.6 Å². The number of hydrogen-bond acceptors (Lipinski definition) is 6. The van der Waals surface area contributed by atoms with Gasteiger partial charge in [0.05, 0.1) is 25.3 Å². The van der Waals surface area contributed by atoms with Crippen LogP contribution in [0.3, 0.4) is 0 Å². The highest BCUT2D eigenvalue weighted by Gasteiger charge is 2.47. The maximum absolute atomic E-state index is 13.3. The third-order valence-electron chi connectivity index (χ3n) is 5.82. The number of carbonyl (C=O) groups is 2. The van der Waals surface area contributed by atoms with Crippen LogP contribution in [0.5, 0.6) is 11.5 Å². The standard InChI is InChI=1S/C27H26N2O5/c1-4-34-22-10-6-5-9-21(22)24-23(25(30)20-12-11-19(33-3)14-17(20)2)26(31)27(32)29(24)16-18-8-7-13-28-15-18/h5-15,24,30H,4,16H2,1-3H3/b25-23+/t24-/m0/s1. The molecule has 7 heteroatoms. The molecule has 0 radical (unpaired) electrons. The number of likely N-dealkylation sites (tertiary alicyclic amines) is 1. The lowest BCUT2D eigenvalue weighted by Crippen LogP contribution is -2.29. The van der Waals surface area contributed by atoms with E-state index in [1.165, 1.54) is 4.90 Å². The fraction of sp³-hybridized carbons (Fsp3) is 0.222. The van der Waals surface area contributed by atoms with Gasteiger partial charge in [0, 0.05) is 30.1 Å². The Hall–Kier alpha value is -4.13. The zero-order chi connectivity index (χ0) is 24.2. The molecule has 4 rings (SSSR count). The summed E-state index contributed by atoms with van der Waals surface area (Å²) in [4.78, 5) is 32.1. The Kier molecular flexibility index (Phi) is 6.63. The van der Waals surface area contributed by atoms with Gasteiger partial charge >= 0.3 is 0 Å². The van der Waals surface area contributed by atoms with Gasteiger partial charge in [0.1, 0.15) is 17.3 Å². The first-order chi connectivity index (χ1) is 16.5. The molecule has 3 aromatic rings. The summed E-state index contributed by atoms with van der Waals surface area (Å²) in [5.41, 5.74) is 2.59. The predicted molar refractivity (Wildman–Crippen MR) is 127 cm³/mol. The van der Waals surface area contributed by atoms with E-state index >= 15 is 0 Å². The molecule has 1 fully saturated rings. The summed E-state index contributed by atoms with van der Waals surface area (Å²) in [6.07, 6.45) is 3.30. The second kappa shape index (κ2) is 9.79. The van der Waals surface area contributed by atoms with Crippen molar-refractivity contribution in [2.24, 2.45) is 0 Å². The number of methoxy groups -OCH3 is 1. The van der Waals surface area contributed by atoms with E-state index in [0.717, 1.165) is 5.56 Å². The van der Waals surface area contributed by atoms with Crippen LogP contribution in [0.25, 0.3) is 5.76 Å². The molecule has 1 N–H and O–H groups in total. The van der Waals surface area contributed by atoms with E-state index in [1.54, 1.807) is 49.8 Å². The van der Waals surface area contributed by atoms with Crippen molar-refractivity contribution in [3.05, 3.63) is 94.8 Å². The van der Waals surface area contributed by atoms with Gasteiger partial charge in [-0.2, -0.15) is 0 Å². The predicted octanol–water partition coefficient (Wildman–Crippen LogP) is 4.42. The molecule has 1 aliphatic rings. The molecule has 1 atom stereocenters. The number of pyridine rings is 1. The molecule has 2 heterocycles. The van der Waals surface area contributed by atoms with E-state index in [9.17, 15) is 14.7 Å². The first-order valence-electron chi connectivity index (χ1n) is 11.0. The fourth-order valence-corrected chi connectivity index (χ4v) is 4.22. The van der Waals surface area contributed by atoms with Crippen molar-refractivity contribution in [1.29, 1.82) is 0 Å². The Morgan fingerprint density at radius 1 is 1.12 bits per heavy atom. The quantitative estimate of drug-likeness (QED) is 0.320. The molecule has 0 bridgehead atoms. The van der Waals surface area contributed by atoms with Crippen molar-refractivity contribution >= 4 is 17.4 Å². The number of Topliss-reactive ketones (excluding diaryl/α,β-unsaturated/α-hetero) is 1. The fourth-order valence-electron chi connectivity index (χ4n) is 4.22. The number of hydrogen-bond donors (Lipinski definition) is 1. The summed E-state index contributed by atoms with van der Waals surface area (Å²) >= 11 is 0. The molecule has 34 heavy (non-hydrogen) atoms. The maximum atomic E-state index is 13.3. The van der Waals surface area contributed by atoms with E-state index < -0.39 is 17.7 Å². The van der Waals surface area contributed by atoms with Crippen molar-refractivity contribution in [1.82, 2.24) is 9.88 Å². The van der Waals surface area contributed by atoms with Crippen LogP contribution in [0.1, 0.15) is 35.2 Å². The Bertz CT molecular complexity index is 1250. The van der Waals surface area contributed by atoms with Crippen molar-refractivity contribution in [3.8, 4) is 11.5 Å². The van der Waals surface area contributed by atoms with E-state index in [-0.39, 0.29) is 17.9 Å². The minimum atomic E-state index is -0.829. The number of aromatic nitrogens is 1. The average Bonchev–Trinajstić information content (AvgIpc) is 3.09. The molecule has 0 spiro atoms. The number of amides is 1. The maximum Gasteiger partial charge on any atom is 0.295 e. The molecule has 1 amide bonds. The van der Waals surface area contributed by atoms with Crippen LogP contribution in [-0.4, -0.2) is 40.4 Å². The Morgan fingerprint density at radius 3 is 2.59 bits per heavy atom. The van der Waals surface area contributed by atoms with Crippen LogP contribution in [0.4, 0.5) is 0 Å². The van der Waals surface area contributed by atoms with Crippen molar-refractivity contribution < 1.29 is 24.2 Å². The number of carbonyl (C=O) groups excluding carboxylic acids is 2. The van der Waals surface area contributed by atoms with Gasteiger partial charge in [0.15, 0.2) is 0 Å². The second-order valence-corrected chi connectivity index (χ2v) is 7.94. The molecule has 7 nitrogen and oxygen atoms in total. The lowest BCUT2D eigenvalue weighted by molar-refractivity contribution is -0.140. The molecule has 0 saturated carbocycles. The number of aryl methyl sites for hydroxylation is 1. The summed E-state index contributed by atoms with van der Waals surface area (Å²) in [5.74, 6) is -0.487. The summed E-state index contributed by atoms with van der Waals surface area (Å²) in [5, 5.41) is 11.4. The Balaban J connectivity index is 1.91. The second-order valence-electron chi connectivity index (χ2n) is 7.94. The van der Waals surface area contributed by atoms with Gasteiger partial charge in [-0.15, -0.1) is 0 Å².